The van der Waals surface area contributed by atoms with Gasteiger partial charge in [0.15, 0.2) is 0 Å². The summed E-state index contributed by atoms with van der Waals surface area (Å²) in [5.74, 6) is -0.214. The van der Waals surface area contributed by atoms with Crippen LogP contribution in [0.4, 0.5) is 0 Å². The number of ether oxygens (including phenoxy) is 1. The summed E-state index contributed by atoms with van der Waals surface area (Å²) in [5.41, 5.74) is 5.96. The average molecular weight is 348 g/mol. The molecule has 4 rings (SSSR count). The van der Waals surface area contributed by atoms with Gasteiger partial charge < -0.3 is 9.72 Å². The number of benzene rings is 2. The van der Waals surface area contributed by atoms with E-state index in [2.05, 4.69) is 53.6 Å². The van der Waals surface area contributed by atoms with Crippen molar-refractivity contribution in [3.63, 3.8) is 0 Å². The molecule has 0 amide bonds. The van der Waals surface area contributed by atoms with E-state index in [0.29, 0.717) is 6.42 Å². The van der Waals surface area contributed by atoms with Crippen LogP contribution in [-0.2, 0) is 22.4 Å². The SMILES string of the molecule is CCCc1ccc([C@H]2N[C@@H](C(=O)OC)Cc3c2[nH]c2ccccc32)cc1. The average Bonchev–Trinajstić information content (AvgIpc) is 3.06. The Kier molecular flexibility index (Phi) is 4.51. The van der Waals surface area contributed by atoms with Crippen LogP contribution in [0, 0.1) is 0 Å². The van der Waals surface area contributed by atoms with Crippen molar-refractivity contribution < 1.29 is 9.53 Å². The molecule has 0 aliphatic carbocycles. The summed E-state index contributed by atoms with van der Waals surface area (Å²) in [6.07, 6.45) is 2.86. The maximum absolute atomic E-state index is 12.3. The number of rotatable bonds is 4. The standard InChI is InChI=1S/C22H24N2O2/c1-3-6-14-9-11-15(12-10-14)20-21-17(13-19(24-20)22(25)26-2)16-7-4-5-8-18(16)23-21/h4-5,7-12,19-20,23-24H,3,6,13H2,1-2H3/t19-,20-/m1/s1. The largest absolute Gasteiger partial charge is 0.468 e. The number of carbonyl (C=O) groups excluding carboxylic acids is 1. The fourth-order valence-corrected chi connectivity index (χ4v) is 3.96. The van der Waals surface area contributed by atoms with Crippen LogP contribution in [0.2, 0.25) is 0 Å². The lowest BCUT2D eigenvalue weighted by molar-refractivity contribution is -0.143. The number of H-pyrrole nitrogens is 1. The van der Waals surface area contributed by atoms with Crippen LogP contribution < -0.4 is 5.32 Å². The Morgan fingerprint density at radius 1 is 1.15 bits per heavy atom. The molecule has 0 radical (unpaired) electrons. The molecule has 0 saturated carbocycles. The zero-order valence-electron chi connectivity index (χ0n) is 15.2. The number of esters is 1. The Morgan fingerprint density at radius 2 is 1.92 bits per heavy atom. The van der Waals surface area contributed by atoms with Gasteiger partial charge in [-0.3, -0.25) is 10.1 Å². The highest BCUT2D eigenvalue weighted by Gasteiger charge is 2.34. The molecule has 1 aromatic heterocycles. The molecule has 2 aromatic carbocycles. The molecule has 0 spiro atoms. The van der Waals surface area contributed by atoms with Gasteiger partial charge in [0.2, 0.25) is 0 Å². The van der Waals surface area contributed by atoms with Gasteiger partial charge >= 0.3 is 5.97 Å². The molecular formula is C22H24N2O2. The summed E-state index contributed by atoms with van der Waals surface area (Å²) in [7, 11) is 1.45. The van der Waals surface area contributed by atoms with Crippen LogP contribution in [0.25, 0.3) is 10.9 Å². The van der Waals surface area contributed by atoms with Crippen LogP contribution in [0.5, 0.6) is 0 Å². The van der Waals surface area contributed by atoms with Crippen LogP contribution in [0.15, 0.2) is 48.5 Å². The van der Waals surface area contributed by atoms with Crippen molar-refractivity contribution in [1.82, 2.24) is 10.3 Å². The Morgan fingerprint density at radius 3 is 2.65 bits per heavy atom. The van der Waals surface area contributed by atoms with Gasteiger partial charge in [0.05, 0.1) is 13.2 Å². The molecule has 0 bridgehead atoms. The number of hydrogen-bond donors (Lipinski definition) is 2. The first kappa shape index (κ1) is 16.9. The minimum Gasteiger partial charge on any atom is -0.468 e. The molecule has 3 aromatic rings. The summed E-state index contributed by atoms with van der Waals surface area (Å²) in [5, 5.41) is 4.67. The molecule has 1 aliphatic heterocycles. The summed E-state index contributed by atoms with van der Waals surface area (Å²) in [6.45, 7) is 2.19. The van der Waals surface area contributed by atoms with E-state index in [4.69, 9.17) is 4.74 Å². The quantitative estimate of drug-likeness (QED) is 0.703. The summed E-state index contributed by atoms with van der Waals surface area (Å²) in [4.78, 5) is 15.8. The number of aromatic amines is 1. The fraction of sp³-hybridized carbons (Fsp3) is 0.318. The predicted molar refractivity (Wildman–Crippen MR) is 103 cm³/mol. The number of methoxy groups -OCH3 is 1. The molecule has 4 heteroatoms. The van der Waals surface area contributed by atoms with E-state index < -0.39 is 0 Å². The van der Waals surface area contributed by atoms with E-state index in [1.54, 1.807) is 0 Å². The Balaban J connectivity index is 1.79. The molecule has 1 aliphatic rings. The second-order valence-electron chi connectivity index (χ2n) is 6.93. The van der Waals surface area contributed by atoms with E-state index in [1.165, 1.54) is 23.6 Å². The predicted octanol–water partition coefficient (Wildman–Crippen LogP) is 3.90. The second-order valence-corrected chi connectivity index (χ2v) is 6.93. The van der Waals surface area contributed by atoms with Crippen molar-refractivity contribution in [2.45, 2.75) is 38.3 Å². The minimum absolute atomic E-state index is 0.0501. The smallest absolute Gasteiger partial charge is 0.323 e. The maximum atomic E-state index is 12.3. The number of carbonyl (C=O) groups is 1. The van der Waals surface area contributed by atoms with Crippen molar-refractivity contribution in [3.05, 3.63) is 70.9 Å². The van der Waals surface area contributed by atoms with E-state index in [0.717, 1.165) is 29.6 Å². The Labute approximate surface area is 153 Å². The van der Waals surface area contributed by atoms with Crippen LogP contribution in [0.3, 0.4) is 0 Å². The molecular weight excluding hydrogens is 324 g/mol. The van der Waals surface area contributed by atoms with Crippen molar-refractivity contribution >= 4 is 16.9 Å². The van der Waals surface area contributed by atoms with Crippen LogP contribution in [0.1, 0.15) is 41.8 Å². The van der Waals surface area contributed by atoms with Gasteiger partial charge in [-0.05, 0) is 29.2 Å². The van der Waals surface area contributed by atoms with Gasteiger partial charge in [0.25, 0.3) is 0 Å². The number of nitrogens with one attached hydrogen (secondary N) is 2. The number of aromatic nitrogens is 1. The molecule has 0 fully saturated rings. The summed E-state index contributed by atoms with van der Waals surface area (Å²) < 4.78 is 5.02. The monoisotopic (exact) mass is 348 g/mol. The van der Waals surface area contributed by atoms with E-state index in [1.807, 2.05) is 12.1 Å². The van der Waals surface area contributed by atoms with Crippen molar-refractivity contribution in [2.24, 2.45) is 0 Å². The first-order chi connectivity index (χ1) is 12.7. The van der Waals surface area contributed by atoms with E-state index in [9.17, 15) is 4.79 Å². The van der Waals surface area contributed by atoms with Gasteiger partial charge in [-0.2, -0.15) is 0 Å². The Hall–Kier alpha value is -2.59. The highest BCUT2D eigenvalue weighted by Crippen LogP contribution is 2.35. The van der Waals surface area contributed by atoms with Gasteiger partial charge in [-0.15, -0.1) is 0 Å². The number of hydrogen-bond acceptors (Lipinski definition) is 3. The number of aryl methyl sites for hydroxylation is 1. The molecule has 2 atom stereocenters. The van der Waals surface area contributed by atoms with Gasteiger partial charge in [0, 0.05) is 23.0 Å². The van der Waals surface area contributed by atoms with Crippen molar-refractivity contribution in [3.8, 4) is 0 Å². The van der Waals surface area contributed by atoms with Crippen molar-refractivity contribution in [1.29, 1.82) is 0 Å². The van der Waals surface area contributed by atoms with Gasteiger partial charge in [0.1, 0.15) is 6.04 Å². The number of fused-ring (bicyclic) bond motifs is 3. The topological polar surface area (TPSA) is 54.1 Å². The fourth-order valence-electron chi connectivity index (χ4n) is 3.96. The van der Waals surface area contributed by atoms with E-state index in [-0.39, 0.29) is 18.1 Å². The minimum atomic E-state index is -0.341. The Bertz CT molecular complexity index is 927. The molecule has 0 unspecified atom stereocenters. The lowest BCUT2D eigenvalue weighted by atomic mass is 9.90. The first-order valence-corrected chi connectivity index (χ1v) is 9.23. The summed E-state index contributed by atoms with van der Waals surface area (Å²) >= 11 is 0. The molecule has 134 valence electrons. The zero-order chi connectivity index (χ0) is 18.1. The van der Waals surface area contributed by atoms with Crippen LogP contribution in [-0.4, -0.2) is 24.1 Å². The normalized spacial score (nSPS) is 19.3. The molecule has 0 saturated heterocycles. The summed E-state index contributed by atoms with van der Waals surface area (Å²) in [6, 6.07) is 16.6. The third kappa shape index (κ3) is 2.90. The molecule has 26 heavy (non-hydrogen) atoms. The third-order valence-electron chi connectivity index (χ3n) is 5.25. The molecule has 2 N–H and O–H groups in total. The second kappa shape index (κ2) is 6.96. The lowest BCUT2D eigenvalue weighted by Gasteiger charge is -2.30. The number of para-hydroxylation sites is 1. The van der Waals surface area contributed by atoms with Crippen molar-refractivity contribution in [2.75, 3.05) is 7.11 Å². The molecule has 4 nitrogen and oxygen atoms in total. The van der Waals surface area contributed by atoms with Gasteiger partial charge in [-0.1, -0.05) is 55.8 Å². The highest BCUT2D eigenvalue weighted by atomic mass is 16.5. The molecule has 2 heterocycles. The lowest BCUT2D eigenvalue weighted by Crippen LogP contribution is -2.45. The highest BCUT2D eigenvalue weighted by molar-refractivity contribution is 5.87. The maximum Gasteiger partial charge on any atom is 0.323 e. The first-order valence-electron chi connectivity index (χ1n) is 9.23. The zero-order valence-corrected chi connectivity index (χ0v) is 15.2. The van der Waals surface area contributed by atoms with Gasteiger partial charge in [-0.25, -0.2) is 0 Å². The van der Waals surface area contributed by atoms with Crippen LogP contribution >= 0.6 is 0 Å². The van der Waals surface area contributed by atoms with E-state index >= 15 is 0 Å². The third-order valence-corrected chi connectivity index (χ3v) is 5.25.